The standard InChI is InChI=1S/C29H27ClFN3O2S/c1-15-9-18-5-4-6-22(30)23(18)19(10-15)24-20(28(35)36-2)12-21-26(25(24)31)32-29(37-3)33-27(21)34-13-16-7-8-17(11-16)14-34/h4-6,9-10,12,16-17H,7-8,11,13-14H2,1-3H3. The minimum absolute atomic E-state index is 0.140. The van der Waals surface area contributed by atoms with Crippen LogP contribution in [0.25, 0.3) is 32.8 Å². The van der Waals surface area contributed by atoms with Gasteiger partial charge in [-0.25, -0.2) is 19.2 Å². The fourth-order valence-electron chi connectivity index (χ4n) is 6.17. The molecule has 8 heteroatoms. The number of hydrogen-bond donors (Lipinski definition) is 0. The number of esters is 1. The molecule has 2 fully saturated rings. The minimum atomic E-state index is -0.615. The lowest BCUT2D eigenvalue weighted by Crippen LogP contribution is -2.37. The van der Waals surface area contributed by atoms with Gasteiger partial charge < -0.3 is 9.64 Å². The lowest BCUT2D eigenvalue weighted by atomic mass is 9.91. The Kier molecular flexibility index (Phi) is 6.24. The highest BCUT2D eigenvalue weighted by atomic mass is 35.5. The maximum absolute atomic E-state index is 16.8. The second kappa shape index (κ2) is 9.44. The predicted molar refractivity (Wildman–Crippen MR) is 148 cm³/mol. The van der Waals surface area contributed by atoms with Crippen LogP contribution in [0, 0.1) is 24.6 Å². The van der Waals surface area contributed by atoms with E-state index in [1.54, 1.807) is 12.1 Å². The first-order valence-corrected chi connectivity index (χ1v) is 14.1. The first-order valence-electron chi connectivity index (χ1n) is 12.5. The summed E-state index contributed by atoms with van der Waals surface area (Å²) >= 11 is 8.02. The predicted octanol–water partition coefficient (Wildman–Crippen LogP) is 7.30. The molecule has 2 heterocycles. The monoisotopic (exact) mass is 535 g/mol. The maximum Gasteiger partial charge on any atom is 0.338 e. The van der Waals surface area contributed by atoms with Crippen LogP contribution in [0.3, 0.4) is 0 Å². The van der Waals surface area contributed by atoms with Crippen molar-refractivity contribution >= 4 is 56.8 Å². The number of carbonyl (C=O) groups is 1. The normalized spacial score (nSPS) is 19.1. The molecule has 2 aliphatic rings. The molecule has 190 valence electrons. The van der Waals surface area contributed by atoms with E-state index >= 15 is 4.39 Å². The van der Waals surface area contributed by atoms with Gasteiger partial charge in [-0.3, -0.25) is 0 Å². The Morgan fingerprint density at radius 2 is 1.92 bits per heavy atom. The highest BCUT2D eigenvalue weighted by molar-refractivity contribution is 7.98. The Labute approximate surface area is 224 Å². The van der Waals surface area contributed by atoms with Crippen LogP contribution < -0.4 is 4.90 Å². The summed E-state index contributed by atoms with van der Waals surface area (Å²) in [6.45, 7) is 3.70. The van der Waals surface area contributed by atoms with Crippen molar-refractivity contribution < 1.29 is 13.9 Å². The number of methoxy groups -OCH3 is 1. The molecule has 5 nitrogen and oxygen atoms in total. The van der Waals surface area contributed by atoms with Gasteiger partial charge in [0.15, 0.2) is 11.0 Å². The lowest BCUT2D eigenvalue weighted by Gasteiger charge is -2.33. The smallest absolute Gasteiger partial charge is 0.338 e. The summed E-state index contributed by atoms with van der Waals surface area (Å²) in [6.07, 6.45) is 5.56. The third kappa shape index (κ3) is 4.12. The van der Waals surface area contributed by atoms with E-state index in [1.165, 1.54) is 38.1 Å². The molecule has 6 rings (SSSR count). The SMILES string of the molecule is COC(=O)c1cc2c(N3CC4CCC(C4)C3)nc(SC)nc2c(F)c1-c1cc(C)cc2cccc(Cl)c12. The van der Waals surface area contributed by atoms with Crippen molar-refractivity contribution in [3.8, 4) is 11.1 Å². The molecule has 1 saturated carbocycles. The van der Waals surface area contributed by atoms with Crippen molar-refractivity contribution in [2.24, 2.45) is 11.8 Å². The Hall–Kier alpha value is -2.90. The molecule has 0 amide bonds. The second-order valence-corrected chi connectivity index (χ2v) is 11.3. The Balaban J connectivity index is 1.68. The molecule has 0 spiro atoms. The number of benzene rings is 3. The van der Waals surface area contributed by atoms with Crippen molar-refractivity contribution in [1.82, 2.24) is 9.97 Å². The molecule has 1 aromatic heterocycles. The maximum atomic E-state index is 16.8. The van der Waals surface area contributed by atoms with Gasteiger partial charge >= 0.3 is 5.97 Å². The Morgan fingerprint density at radius 3 is 2.62 bits per heavy atom. The molecule has 2 bridgehead atoms. The van der Waals surface area contributed by atoms with Gasteiger partial charge in [-0.05, 0) is 72.9 Å². The molecule has 1 aliphatic carbocycles. The minimum Gasteiger partial charge on any atom is -0.465 e. The third-order valence-corrected chi connectivity index (χ3v) is 8.59. The van der Waals surface area contributed by atoms with Gasteiger partial charge in [-0.15, -0.1) is 0 Å². The molecule has 0 radical (unpaired) electrons. The number of carbonyl (C=O) groups excluding carboxylic acids is 1. The lowest BCUT2D eigenvalue weighted by molar-refractivity contribution is 0.0601. The molecule has 3 aromatic carbocycles. The average molecular weight is 536 g/mol. The van der Waals surface area contributed by atoms with Crippen molar-refractivity contribution in [1.29, 1.82) is 0 Å². The van der Waals surface area contributed by atoms with E-state index in [1.807, 2.05) is 37.4 Å². The van der Waals surface area contributed by atoms with E-state index in [0.717, 1.165) is 24.0 Å². The van der Waals surface area contributed by atoms with Crippen LogP contribution in [0.15, 0.2) is 41.6 Å². The summed E-state index contributed by atoms with van der Waals surface area (Å²) < 4.78 is 21.9. The van der Waals surface area contributed by atoms with Crippen LogP contribution >= 0.6 is 23.4 Å². The second-order valence-electron chi connectivity index (χ2n) is 10.1. The number of aromatic nitrogens is 2. The zero-order valence-corrected chi connectivity index (χ0v) is 22.5. The number of nitrogens with zero attached hydrogens (tertiary/aromatic N) is 3. The first kappa shape index (κ1) is 24.4. The van der Waals surface area contributed by atoms with Crippen LogP contribution in [0.5, 0.6) is 0 Å². The van der Waals surface area contributed by atoms with E-state index < -0.39 is 11.8 Å². The highest BCUT2D eigenvalue weighted by Gasteiger charge is 2.35. The fraction of sp³-hybridized carbons (Fsp3) is 0.345. The Bertz CT molecular complexity index is 1560. The van der Waals surface area contributed by atoms with E-state index in [9.17, 15) is 4.79 Å². The van der Waals surface area contributed by atoms with Gasteiger partial charge in [-0.1, -0.05) is 47.6 Å². The van der Waals surface area contributed by atoms with E-state index in [2.05, 4.69) is 9.88 Å². The van der Waals surface area contributed by atoms with E-state index in [0.29, 0.717) is 44.2 Å². The molecule has 2 atom stereocenters. The van der Waals surface area contributed by atoms with Gasteiger partial charge in [0.1, 0.15) is 11.3 Å². The van der Waals surface area contributed by atoms with Crippen LogP contribution in [0.4, 0.5) is 10.2 Å². The molecule has 2 unspecified atom stereocenters. The number of hydrogen-bond acceptors (Lipinski definition) is 6. The zero-order valence-electron chi connectivity index (χ0n) is 21.0. The molecule has 1 aliphatic heterocycles. The van der Waals surface area contributed by atoms with Gasteiger partial charge in [0.05, 0.1) is 12.7 Å². The topological polar surface area (TPSA) is 55.3 Å². The number of anilines is 1. The van der Waals surface area contributed by atoms with Gasteiger partial charge in [-0.2, -0.15) is 0 Å². The molecule has 1 saturated heterocycles. The molecular weight excluding hydrogens is 509 g/mol. The molecule has 37 heavy (non-hydrogen) atoms. The summed E-state index contributed by atoms with van der Waals surface area (Å²) in [5, 5.41) is 3.08. The summed E-state index contributed by atoms with van der Waals surface area (Å²) in [5.41, 5.74) is 1.97. The van der Waals surface area contributed by atoms with Crippen LogP contribution in [-0.2, 0) is 4.74 Å². The van der Waals surface area contributed by atoms with Gasteiger partial charge in [0.2, 0.25) is 0 Å². The molecular formula is C29H27ClFN3O2S. The molecule has 4 aromatic rings. The van der Waals surface area contributed by atoms with Crippen molar-refractivity contribution in [2.75, 3.05) is 31.4 Å². The van der Waals surface area contributed by atoms with Crippen LogP contribution in [-0.4, -0.2) is 42.4 Å². The molecule has 0 N–H and O–H groups in total. The van der Waals surface area contributed by atoms with Crippen molar-refractivity contribution in [2.45, 2.75) is 31.3 Å². The van der Waals surface area contributed by atoms with Gasteiger partial charge in [0, 0.05) is 34.4 Å². The summed E-state index contributed by atoms with van der Waals surface area (Å²) in [7, 11) is 1.31. The third-order valence-electron chi connectivity index (χ3n) is 7.72. The number of ether oxygens (including phenoxy) is 1. The van der Waals surface area contributed by atoms with Crippen LogP contribution in [0.2, 0.25) is 5.02 Å². The fourth-order valence-corrected chi connectivity index (χ4v) is 6.81. The number of fused-ring (bicyclic) bond motifs is 4. The largest absolute Gasteiger partial charge is 0.465 e. The summed E-state index contributed by atoms with van der Waals surface area (Å²) in [5.74, 6) is 0.742. The van der Waals surface area contributed by atoms with Gasteiger partial charge in [0.25, 0.3) is 0 Å². The number of piperidine rings is 1. The van der Waals surface area contributed by atoms with Crippen LogP contribution in [0.1, 0.15) is 35.2 Å². The van der Waals surface area contributed by atoms with Crippen molar-refractivity contribution in [3.05, 3.63) is 58.4 Å². The highest BCUT2D eigenvalue weighted by Crippen LogP contribution is 2.43. The Morgan fingerprint density at radius 1 is 1.16 bits per heavy atom. The summed E-state index contributed by atoms with van der Waals surface area (Å²) in [6, 6.07) is 11.1. The first-order chi connectivity index (χ1) is 17.9. The number of rotatable bonds is 4. The number of aryl methyl sites for hydroxylation is 1. The van der Waals surface area contributed by atoms with Crippen molar-refractivity contribution in [3.63, 3.8) is 0 Å². The van der Waals surface area contributed by atoms with E-state index in [4.69, 9.17) is 21.3 Å². The zero-order chi connectivity index (χ0) is 25.8. The number of thioether (sulfide) groups is 1. The number of halogens is 2. The van der Waals surface area contributed by atoms with E-state index in [-0.39, 0.29) is 16.6 Å². The summed E-state index contributed by atoms with van der Waals surface area (Å²) in [4.78, 5) is 24.8. The average Bonchev–Trinajstić information content (AvgIpc) is 3.24. The quantitative estimate of drug-likeness (QED) is 0.155.